The first kappa shape index (κ1) is 11.8. The first-order valence-corrected chi connectivity index (χ1v) is 5.23. The van der Waals surface area contributed by atoms with E-state index in [1.165, 1.54) is 0 Å². The second kappa shape index (κ2) is 6.24. The third-order valence-corrected chi connectivity index (χ3v) is 2.14. The molecule has 0 saturated carbocycles. The van der Waals surface area contributed by atoms with Crippen LogP contribution in [0.25, 0.3) is 0 Å². The molecule has 0 radical (unpaired) electrons. The van der Waals surface area contributed by atoms with Gasteiger partial charge in [0.2, 0.25) is 0 Å². The van der Waals surface area contributed by atoms with Gasteiger partial charge in [0.25, 0.3) is 0 Å². The summed E-state index contributed by atoms with van der Waals surface area (Å²) in [6, 6.07) is 3.91. The van der Waals surface area contributed by atoms with Crippen LogP contribution in [0.4, 0.5) is 11.5 Å². The van der Waals surface area contributed by atoms with Gasteiger partial charge in [-0.2, -0.15) is 0 Å². The molecule has 1 aromatic rings. The molecule has 1 aromatic heterocycles. The lowest BCUT2D eigenvalue weighted by Crippen LogP contribution is -2.25. The van der Waals surface area contributed by atoms with Gasteiger partial charge in [0.15, 0.2) is 0 Å². The summed E-state index contributed by atoms with van der Waals surface area (Å²) in [6.07, 6.45) is 3.88. The molecule has 1 heterocycles. The van der Waals surface area contributed by atoms with Crippen LogP contribution in [0.1, 0.15) is 19.8 Å². The fourth-order valence-electron chi connectivity index (χ4n) is 1.48. The van der Waals surface area contributed by atoms with E-state index in [2.05, 4.69) is 17.2 Å². The normalized spacial score (nSPS) is 12.4. The minimum absolute atomic E-state index is 0.300. The molecule has 0 spiro atoms. The molecule has 0 bridgehead atoms. The van der Waals surface area contributed by atoms with E-state index >= 15 is 0 Å². The molecule has 1 atom stereocenters. The maximum Gasteiger partial charge on any atom is 0.128 e. The Labute approximate surface area is 90.8 Å². The molecule has 0 aliphatic carbocycles. The van der Waals surface area contributed by atoms with Crippen molar-refractivity contribution >= 4 is 11.5 Å². The summed E-state index contributed by atoms with van der Waals surface area (Å²) in [7, 11) is 1.71. The number of pyridine rings is 1. The molecular formula is C11H19N3O. The predicted octanol–water partition coefficient (Wildman–Crippen LogP) is 1.89. The standard InChI is InChI=1S/C11H19N3O/c1-3-4-10(8-15-2)14-11-7-9(12)5-6-13-11/h5-7,10H,3-4,8H2,1-2H3,(H3,12,13,14). The van der Waals surface area contributed by atoms with Crippen molar-refractivity contribution in [2.75, 3.05) is 24.8 Å². The molecule has 0 aliphatic heterocycles. The van der Waals surface area contributed by atoms with Gasteiger partial charge in [0, 0.05) is 25.1 Å². The number of aromatic nitrogens is 1. The van der Waals surface area contributed by atoms with Crippen LogP contribution < -0.4 is 11.1 Å². The molecule has 1 unspecified atom stereocenters. The highest BCUT2D eigenvalue weighted by molar-refractivity contribution is 5.48. The fourth-order valence-corrected chi connectivity index (χ4v) is 1.48. The molecule has 1 rings (SSSR count). The van der Waals surface area contributed by atoms with Crippen molar-refractivity contribution in [3.05, 3.63) is 18.3 Å². The molecular weight excluding hydrogens is 190 g/mol. The third-order valence-electron chi connectivity index (χ3n) is 2.14. The molecule has 4 nitrogen and oxygen atoms in total. The molecule has 0 saturated heterocycles. The topological polar surface area (TPSA) is 60.2 Å². The SMILES string of the molecule is CCCC(COC)Nc1cc(N)ccn1. The van der Waals surface area contributed by atoms with Crippen LogP contribution in [0.15, 0.2) is 18.3 Å². The summed E-state index contributed by atoms with van der Waals surface area (Å²) in [4.78, 5) is 4.20. The van der Waals surface area contributed by atoms with E-state index in [0.717, 1.165) is 24.3 Å². The van der Waals surface area contributed by atoms with Gasteiger partial charge in [-0.1, -0.05) is 13.3 Å². The van der Waals surface area contributed by atoms with Crippen molar-refractivity contribution in [1.82, 2.24) is 4.98 Å². The van der Waals surface area contributed by atoms with Crippen LogP contribution >= 0.6 is 0 Å². The maximum atomic E-state index is 5.67. The second-order valence-electron chi connectivity index (χ2n) is 3.56. The van der Waals surface area contributed by atoms with Crippen molar-refractivity contribution < 1.29 is 4.74 Å². The lowest BCUT2D eigenvalue weighted by atomic mass is 10.2. The van der Waals surface area contributed by atoms with Gasteiger partial charge >= 0.3 is 0 Å². The first-order valence-electron chi connectivity index (χ1n) is 5.23. The molecule has 15 heavy (non-hydrogen) atoms. The summed E-state index contributed by atoms with van der Waals surface area (Å²) in [5, 5.41) is 3.31. The van der Waals surface area contributed by atoms with Crippen molar-refractivity contribution in [3.8, 4) is 0 Å². The van der Waals surface area contributed by atoms with E-state index in [1.54, 1.807) is 19.4 Å². The van der Waals surface area contributed by atoms with Gasteiger partial charge in [-0.25, -0.2) is 4.98 Å². The Bertz CT molecular complexity index is 285. The Morgan fingerprint density at radius 1 is 1.60 bits per heavy atom. The zero-order valence-electron chi connectivity index (χ0n) is 9.36. The Kier molecular flexibility index (Phi) is 4.90. The smallest absolute Gasteiger partial charge is 0.128 e. The summed E-state index contributed by atoms with van der Waals surface area (Å²) < 4.78 is 5.14. The number of nitrogen functional groups attached to an aromatic ring is 1. The summed E-state index contributed by atoms with van der Waals surface area (Å²) in [5.41, 5.74) is 6.39. The Hall–Kier alpha value is -1.29. The molecule has 84 valence electrons. The number of rotatable bonds is 6. The predicted molar refractivity (Wildman–Crippen MR) is 62.8 cm³/mol. The molecule has 0 amide bonds. The number of anilines is 2. The average molecular weight is 209 g/mol. The van der Waals surface area contributed by atoms with Crippen LogP contribution in [-0.4, -0.2) is 24.7 Å². The molecule has 3 N–H and O–H groups in total. The highest BCUT2D eigenvalue weighted by atomic mass is 16.5. The number of ether oxygens (including phenoxy) is 1. The number of hydrogen-bond acceptors (Lipinski definition) is 4. The highest BCUT2D eigenvalue weighted by Gasteiger charge is 2.07. The summed E-state index contributed by atoms with van der Waals surface area (Å²) in [5.74, 6) is 0.811. The molecule has 0 aliphatic rings. The van der Waals surface area contributed by atoms with Crippen molar-refractivity contribution in [2.45, 2.75) is 25.8 Å². The lowest BCUT2D eigenvalue weighted by molar-refractivity contribution is 0.182. The minimum atomic E-state index is 0.300. The second-order valence-corrected chi connectivity index (χ2v) is 3.56. The number of methoxy groups -OCH3 is 1. The molecule has 0 aromatic carbocycles. The zero-order valence-corrected chi connectivity index (χ0v) is 9.36. The molecule has 0 fully saturated rings. The van der Waals surface area contributed by atoms with Gasteiger partial charge in [0.1, 0.15) is 5.82 Å². The Balaban J connectivity index is 2.56. The van der Waals surface area contributed by atoms with Crippen LogP contribution in [0, 0.1) is 0 Å². The van der Waals surface area contributed by atoms with Gasteiger partial charge in [0.05, 0.1) is 12.6 Å². The third kappa shape index (κ3) is 4.16. The highest BCUT2D eigenvalue weighted by Crippen LogP contribution is 2.11. The number of nitrogens with one attached hydrogen (secondary N) is 1. The van der Waals surface area contributed by atoms with E-state index in [-0.39, 0.29) is 0 Å². The number of hydrogen-bond donors (Lipinski definition) is 2. The van der Waals surface area contributed by atoms with Gasteiger partial charge in [-0.15, -0.1) is 0 Å². The van der Waals surface area contributed by atoms with E-state index < -0.39 is 0 Å². The largest absolute Gasteiger partial charge is 0.399 e. The van der Waals surface area contributed by atoms with Gasteiger partial charge in [-0.3, -0.25) is 0 Å². The van der Waals surface area contributed by atoms with Crippen LogP contribution in [0.2, 0.25) is 0 Å². The van der Waals surface area contributed by atoms with E-state index in [9.17, 15) is 0 Å². The quantitative estimate of drug-likeness (QED) is 0.751. The van der Waals surface area contributed by atoms with Gasteiger partial charge in [-0.05, 0) is 12.5 Å². The van der Waals surface area contributed by atoms with Crippen LogP contribution in [0.3, 0.4) is 0 Å². The Morgan fingerprint density at radius 3 is 3.00 bits per heavy atom. The Morgan fingerprint density at radius 2 is 2.40 bits per heavy atom. The van der Waals surface area contributed by atoms with Crippen LogP contribution in [-0.2, 0) is 4.74 Å². The van der Waals surface area contributed by atoms with E-state index in [0.29, 0.717) is 12.6 Å². The van der Waals surface area contributed by atoms with Crippen molar-refractivity contribution in [3.63, 3.8) is 0 Å². The van der Waals surface area contributed by atoms with Gasteiger partial charge < -0.3 is 15.8 Å². The summed E-state index contributed by atoms with van der Waals surface area (Å²) in [6.45, 7) is 2.83. The summed E-state index contributed by atoms with van der Waals surface area (Å²) >= 11 is 0. The zero-order chi connectivity index (χ0) is 11.1. The maximum absolute atomic E-state index is 5.67. The first-order chi connectivity index (χ1) is 7.26. The van der Waals surface area contributed by atoms with Crippen LogP contribution in [0.5, 0.6) is 0 Å². The minimum Gasteiger partial charge on any atom is -0.399 e. The van der Waals surface area contributed by atoms with E-state index in [1.807, 2.05) is 6.07 Å². The van der Waals surface area contributed by atoms with Crippen molar-refractivity contribution in [2.24, 2.45) is 0 Å². The number of nitrogens with zero attached hydrogens (tertiary/aromatic N) is 1. The van der Waals surface area contributed by atoms with E-state index in [4.69, 9.17) is 10.5 Å². The average Bonchev–Trinajstić information content (AvgIpc) is 2.18. The number of nitrogens with two attached hydrogens (primary N) is 1. The van der Waals surface area contributed by atoms with Crippen molar-refractivity contribution in [1.29, 1.82) is 0 Å². The lowest BCUT2D eigenvalue weighted by Gasteiger charge is -2.17. The monoisotopic (exact) mass is 209 g/mol. The fraction of sp³-hybridized carbons (Fsp3) is 0.545. The molecule has 4 heteroatoms.